The molecule has 3 aliphatic rings. The summed E-state index contributed by atoms with van der Waals surface area (Å²) in [6.45, 7) is 8.19. The lowest BCUT2D eigenvalue weighted by Gasteiger charge is -2.62. The Morgan fingerprint density at radius 1 is 1.33 bits per heavy atom. The summed E-state index contributed by atoms with van der Waals surface area (Å²) in [5.41, 5.74) is 6.40. The van der Waals surface area contributed by atoms with Crippen molar-refractivity contribution in [1.82, 2.24) is 0 Å². The second-order valence-corrected chi connectivity index (χ2v) is 5.45. The van der Waals surface area contributed by atoms with Crippen LogP contribution < -0.4 is 5.73 Å². The molecule has 0 unspecified atom stereocenters. The van der Waals surface area contributed by atoms with Crippen LogP contribution in [0.4, 0.5) is 0 Å². The smallest absolute Gasteiger partial charge is 0.00461 e. The van der Waals surface area contributed by atoms with Crippen molar-refractivity contribution in [3.05, 3.63) is 0 Å². The molecule has 3 fully saturated rings. The van der Waals surface area contributed by atoms with Crippen LogP contribution in [0.3, 0.4) is 0 Å². The fourth-order valence-corrected chi connectivity index (χ4v) is 3.57. The second kappa shape index (κ2) is 2.47. The molecule has 1 nitrogen and oxygen atoms in total. The van der Waals surface area contributed by atoms with Crippen LogP contribution in [-0.4, -0.2) is 6.54 Å². The van der Waals surface area contributed by atoms with Crippen LogP contribution >= 0.6 is 0 Å². The van der Waals surface area contributed by atoms with Gasteiger partial charge in [-0.3, -0.25) is 0 Å². The van der Waals surface area contributed by atoms with Gasteiger partial charge in [0.2, 0.25) is 0 Å². The monoisotopic (exact) mass is 167 g/mol. The predicted molar refractivity (Wildman–Crippen MR) is 51.7 cm³/mol. The van der Waals surface area contributed by atoms with Crippen LogP contribution in [0, 0.1) is 29.1 Å². The van der Waals surface area contributed by atoms with Gasteiger partial charge in [-0.25, -0.2) is 0 Å². The molecule has 0 heterocycles. The fourth-order valence-electron chi connectivity index (χ4n) is 3.57. The highest BCUT2D eigenvalue weighted by Crippen LogP contribution is 2.62. The van der Waals surface area contributed by atoms with Gasteiger partial charge in [-0.15, -0.1) is 0 Å². The summed E-state index contributed by atoms with van der Waals surface area (Å²) >= 11 is 0. The van der Waals surface area contributed by atoms with E-state index < -0.39 is 0 Å². The molecule has 1 heteroatoms. The van der Waals surface area contributed by atoms with Crippen molar-refractivity contribution in [2.45, 2.75) is 33.6 Å². The predicted octanol–water partition coefficient (Wildman–Crippen LogP) is 2.26. The number of rotatable bonds is 1. The van der Waals surface area contributed by atoms with E-state index in [4.69, 9.17) is 5.73 Å². The Balaban J connectivity index is 2.11. The highest BCUT2D eigenvalue weighted by molar-refractivity contribution is 5.04. The first-order valence-electron chi connectivity index (χ1n) is 5.27. The van der Waals surface area contributed by atoms with E-state index in [2.05, 4.69) is 20.8 Å². The van der Waals surface area contributed by atoms with Crippen molar-refractivity contribution in [3.8, 4) is 0 Å². The van der Waals surface area contributed by atoms with Gasteiger partial charge in [0.15, 0.2) is 0 Å². The van der Waals surface area contributed by atoms with Crippen LogP contribution in [0.15, 0.2) is 0 Å². The van der Waals surface area contributed by atoms with Crippen molar-refractivity contribution < 1.29 is 0 Å². The molecule has 4 atom stereocenters. The van der Waals surface area contributed by atoms with Gasteiger partial charge < -0.3 is 5.73 Å². The lowest BCUT2D eigenvalue weighted by atomic mass is 9.43. The molecule has 0 aliphatic heterocycles. The Kier molecular flexibility index (Phi) is 1.76. The zero-order chi connectivity index (χ0) is 8.93. The van der Waals surface area contributed by atoms with Gasteiger partial charge in [0, 0.05) is 0 Å². The summed E-state index contributed by atoms with van der Waals surface area (Å²) < 4.78 is 0. The maximum absolute atomic E-state index is 5.77. The fraction of sp³-hybridized carbons (Fsp3) is 1.00. The van der Waals surface area contributed by atoms with E-state index in [1.807, 2.05) is 0 Å². The van der Waals surface area contributed by atoms with Gasteiger partial charge in [-0.1, -0.05) is 20.8 Å². The zero-order valence-electron chi connectivity index (χ0n) is 8.51. The molecule has 0 spiro atoms. The minimum absolute atomic E-state index is 0.630. The van der Waals surface area contributed by atoms with E-state index in [1.165, 1.54) is 12.8 Å². The molecule has 0 aromatic heterocycles. The van der Waals surface area contributed by atoms with Crippen molar-refractivity contribution in [1.29, 1.82) is 0 Å². The maximum atomic E-state index is 5.77. The van der Waals surface area contributed by atoms with E-state index in [0.717, 1.165) is 30.2 Å². The number of hydrogen-bond donors (Lipinski definition) is 1. The van der Waals surface area contributed by atoms with Crippen LogP contribution in [-0.2, 0) is 0 Å². The third kappa shape index (κ3) is 0.891. The minimum Gasteiger partial charge on any atom is -0.330 e. The molecule has 3 rings (SSSR count). The minimum atomic E-state index is 0.630. The summed E-state index contributed by atoms with van der Waals surface area (Å²) in [6, 6.07) is 0. The lowest BCUT2D eigenvalue weighted by Crippen LogP contribution is -2.56. The van der Waals surface area contributed by atoms with E-state index >= 15 is 0 Å². The van der Waals surface area contributed by atoms with Crippen molar-refractivity contribution >= 4 is 0 Å². The molecular formula is C11H21N. The third-order valence-electron chi connectivity index (χ3n) is 4.81. The molecule has 0 aromatic rings. The van der Waals surface area contributed by atoms with Crippen molar-refractivity contribution in [3.63, 3.8) is 0 Å². The molecule has 0 aromatic carbocycles. The SMILES string of the molecule is C[C@@H]1[C@H](CN)C[C@H]2C[C@H]1C2(C)C. The molecule has 2 bridgehead atoms. The normalized spacial score (nSPS) is 50.0. The zero-order valence-corrected chi connectivity index (χ0v) is 8.51. The first-order chi connectivity index (χ1) is 5.57. The molecule has 12 heavy (non-hydrogen) atoms. The number of fused-ring (bicyclic) bond motifs is 2. The van der Waals surface area contributed by atoms with E-state index in [9.17, 15) is 0 Å². The molecular weight excluding hydrogens is 146 g/mol. The van der Waals surface area contributed by atoms with Gasteiger partial charge >= 0.3 is 0 Å². The lowest BCUT2D eigenvalue weighted by molar-refractivity contribution is -0.126. The third-order valence-corrected chi connectivity index (χ3v) is 4.81. The van der Waals surface area contributed by atoms with Gasteiger partial charge in [-0.2, -0.15) is 0 Å². The van der Waals surface area contributed by atoms with Crippen LogP contribution in [0.5, 0.6) is 0 Å². The molecule has 70 valence electrons. The standard InChI is InChI=1S/C11H21N/c1-7-8(6-12)4-9-5-10(7)11(9,2)3/h7-10H,4-6,12H2,1-3H3/t7-,8+,9+,10-/m1/s1. The molecule has 0 saturated heterocycles. The quantitative estimate of drug-likeness (QED) is 0.637. The van der Waals surface area contributed by atoms with E-state index in [0.29, 0.717) is 5.41 Å². The van der Waals surface area contributed by atoms with Gasteiger partial charge in [0.25, 0.3) is 0 Å². The van der Waals surface area contributed by atoms with Crippen LogP contribution in [0.2, 0.25) is 0 Å². The Bertz CT molecular complexity index is 185. The second-order valence-electron chi connectivity index (χ2n) is 5.45. The van der Waals surface area contributed by atoms with Crippen molar-refractivity contribution in [2.75, 3.05) is 6.54 Å². The average Bonchev–Trinajstić information content (AvgIpc) is 2.03. The van der Waals surface area contributed by atoms with Gasteiger partial charge in [0.1, 0.15) is 0 Å². The first-order valence-corrected chi connectivity index (χ1v) is 5.27. The maximum Gasteiger partial charge on any atom is -0.00461 e. The molecule has 0 radical (unpaired) electrons. The Morgan fingerprint density at radius 2 is 2.00 bits per heavy atom. The Hall–Kier alpha value is -0.0400. The molecule has 0 amide bonds. The summed E-state index contributed by atoms with van der Waals surface area (Å²) in [7, 11) is 0. The topological polar surface area (TPSA) is 26.0 Å². The number of hydrogen-bond acceptors (Lipinski definition) is 1. The van der Waals surface area contributed by atoms with E-state index in [1.54, 1.807) is 0 Å². The highest BCUT2D eigenvalue weighted by atomic mass is 14.7. The highest BCUT2D eigenvalue weighted by Gasteiger charge is 2.55. The summed E-state index contributed by atoms with van der Waals surface area (Å²) in [4.78, 5) is 0. The molecule has 3 saturated carbocycles. The van der Waals surface area contributed by atoms with Crippen LogP contribution in [0.1, 0.15) is 33.6 Å². The van der Waals surface area contributed by atoms with Gasteiger partial charge in [-0.05, 0) is 48.5 Å². The number of nitrogens with two attached hydrogens (primary N) is 1. The largest absolute Gasteiger partial charge is 0.330 e. The van der Waals surface area contributed by atoms with Gasteiger partial charge in [0.05, 0.1) is 0 Å². The van der Waals surface area contributed by atoms with E-state index in [-0.39, 0.29) is 0 Å². The Morgan fingerprint density at radius 3 is 2.42 bits per heavy atom. The first kappa shape index (κ1) is 8.55. The average molecular weight is 167 g/mol. The molecule has 3 aliphatic carbocycles. The van der Waals surface area contributed by atoms with Crippen molar-refractivity contribution in [2.24, 2.45) is 34.8 Å². The summed E-state index contributed by atoms with van der Waals surface area (Å²) in [6.07, 6.45) is 2.87. The Labute approximate surface area is 75.7 Å². The van der Waals surface area contributed by atoms with Crippen LogP contribution in [0.25, 0.3) is 0 Å². The summed E-state index contributed by atoms with van der Waals surface area (Å²) in [5, 5.41) is 0. The molecule has 2 N–H and O–H groups in total. The summed E-state index contributed by atoms with van der Waals surface area (Å²) in [5.74, 6) is 3.63.